The Bertz CT molecular complexity index is 585. The van der Waals surface area contributed by atoms with Crippen LogP contribution in [0.4, 0.5) is 13.2 Å². The number of amides is 1. The maximum Gasteiger partial charge on any atom is 0.490 e. The molecule has 2 fully saturated rings. The minimum absolute atomic E-state index is 0.0280. The Balaban J connectivity index is 0.000000277. The molecule has 0 aliphatic carbocycles. The van der Waals surface area contributed by atoms with Crippen molar-refractivity contribution >= 4 is 11.9 Å². The van der Waals surface area contributed by atoms with Crippen molar-refractivity contribution in [1.29, 1.82) is 0 Å². The number of likely N-dealkylation sites (tertiary alicyclic amines) is 1. The first-order valence-electron chi connectivity index (χ1n) is 8.06. The van der Waals surface area contributed by atoms with E-state index < -0.39 is 12.1 Å². The molecule has 1 aromatic heterocycles. The molecule has 1 unspecified atom stereocenters. The molecule has 6 nitrogen and oxygen atoms in total. The second-order valence-electron chi connectivity index (χ2n) is 6.38. The number of carboxylic acids is 1. The van der Waals surface area contributed by atoms with Gasteiger partial charge in [0.2, 0.25) is 5.91 Å². The lowest BCUT2D eigenvalue weighted by molar-refractivity contribution is -0.192. The predicted molar refractivity (Wildman–Crippen MR) is 81.6 cm³/mol. The van der Waals surface area contributed by atoms with Gasteiger partial charge in [-0.3, -0.25) is 9.69 Å². The normalized spacial score (nSPS) is 24.4. The van der Waals surface area contributed by atoms with Crippen LogP contribution in [0.25, 0.3) is 0 Å². The van der Waals surface area contributed by atoms with E-state index in [4.69, 9.17) is 14.3 Å². The van der Waals surface area contributed by atoms with Gasteiger partial charge in [0, 0.05) is 13.0 Å². The summed E-state index contributed by atoms with van der Waals surface area (Å²) >= 11 is 0. The zero-order valence-electron chi connectivity index (χ0n) is 13.6. The van der Waals surface area contributed by atoms with Crippen LogP contribution < -0.4 is 5.32 Å². The predicted octanol–water partition coefficient (Wildman–Crippen LogP) is 2.55. The van der Waals surface area contributed by atoms with E-state index in [1.807, 2.05) is 12.1 Å². The molecule has 1 spiro atoms. The molecule has 9 heteroatoms. The lowest BCUT2D eigenvalue weighted by Crippen LogP contribution is -2.60. The van der Waals surface area contributed by atoms with Crippen LogP contribution in [-0.2, 0) is 16.1 Å². The number of nitrogens with one attached hydrogen (secondary N) is 1. The Morgan fingerprint density at radius 3 is 2.60 bits per heavy atom. The van der Waals surface area contributed by atoms with Gasteiger partial charge in [0.15, 0.2) is 0 Å². The highest BCUT2D eigenvalue weighted by molar-refractivity contribution is 5.77. The number of carboxylic acid groups (broad SMARTS) is 1. The maximum absolute atomic E-state index is 11.6. The van der Waals surface area contributed by atoms with Crippen LogP contribution in [0.3, 0.4) is 0 Å². The third-order valence-corrected chi connectivity index (χ3v) is 4.32. The Labute approximate surface area is 143 Å². The molecule has 2 aliphatic rings. The fraction of sp³-hybridized carbons (Fsp3) is 0.625. The van der Waals surface area contributed by atoms with E-state index in [1.165, 1.54) is 0 Å². The van der Waals surface area contributed by atoms with Crippen LogP contribution >= 0.6 is 0 Å². The average Bonchev–Trinajstić information content (AvgIpc) is 2.99. The molecular weight excluding hydrogens is 341 g/mol. The highest BCUT2D eigenvalue weighted by Gasteiger charge is 2.39. The second kappa shape index (κ2) is 7.90. The Morgan fingerprint density at radius 1 is 1.36 bits per heavy atom. The van der Waals surface area contributed by atoms with E-state index in [-0.39, 0.29) is 11.4 Å². The third kappa shape index (κ3) is 5.77. The fourth-order valence-electron chi connectivity index (χ4n) is 3.30. The number of halogens is 3. The lowest BCUT2D eigenvalue weighted by Gasteiger charge is -2.45. The summed E-state index contributed by atoms with van der Waals surface area (Å²) in [5.41, 5.74) is 0.0280. The largest absolute Gasteiger partial charge is 0.490 e. The quantitative estimate of drug-likeness (QED) is 0.845. The number of piperidine rings is 2. The molecule has 1 atom stereocenters. The summed E-state index contributed by atoms with van der Waals surface area (Å²) in [6, 6.07) is 3.94. The molecular formula is C16H21F3N2O4. The van der Waals surface area contributed by atoms with Crippen LogP contribution in [0.2, 0.25) is 0 Å². The van der Waals surface area contributed by atoms with Crippen molar-refractivity contribution in [2.75, 3.05) is 13.1 Å². The Kier molecular flexibility index (Phi) is 6.10. The summed E-state index contributed by atoms with van der Waals surface area (Å²) in [5.74, 6) is -1.53. The molecule has 0 bridgehead atoms. The molecule has 0 aromatic carbocycles. The average molecular weight is 362 g/mol. The van der Waals surface area contributed by atoms with E-state index in [2.05, 4.69) is 10.2 Å². The van der Waals surface area contributed by atoms with Gasteiger partial charge in [-0.1, -0.05) is 0 Å². The van der Waals surface area contributed by atoms with Crippen molar-refractivity contribution < 1.29 is 32.3 Å². The highest BCUT2D eigenvalue weighted by Crippen LogP contribution is 2.30. The van der Waals surface area contributed by atoms with Crippen molar-refractivity contribution in [1.82, 2.24) is 10.2 Å². The maximum atomic E-state index is 11.6. The molecule has 0 radical (unpaired) electrons. The molecule has 140 valence electrons. The number of rotatable bonds is 2. The summed E-state index contributed by atoms with van der Waals surface area (Å²) in [6.45, 7) is 2.91. The van der Waals surface area contributed by atoms with E-state index >= 15 is 0 Å². The standard InChI is InChI=1S/C14H20N2O2.C2HF3O2/c17-13-5-1-6-14(15-13)7-3-8-16(11-14)10-12-4-2-9-18-12;3-2(4,5)1(6)7/h2,4,9H,1,3,5-8,10-11H2,(H,15,17);(H,6,7). The summed E-state index contributed by atoms with van der Waals surface area (Å²) in [7, 11) is 0. The second-order valence-corrected chi connectivity index (χ2v) is 6.38. The van der Waals surface area contributed by atoms with E-state index in [0.717, 1.165) is 51.1 Å². The molecule has 1 aromatic rings. The summed E-state index contributed by atoms with van der Waals surface area (Å²) < 4.78 is 37.1. The fourth-order valence-corrected chi connectivity index (χ4v) is 3.30. The highest BCUT2D eigenvalue weighted by atomic mass is 19.4. The van der Waals surface area contributed by atoms with Crippen LogP contribution in [0.15, 0.2) is 22.8 Å². The lowest BCUT2D eigenvalue weighted by atomic mass is 9.81. The first-order valence-corrected chi connectivity index (χ1v) is 8.06. The molecule has 3 rings (SSSR count). The number of aliphatic carboxylic acids is 1. The van der Waals surface area contributed by atoms with Gasteiger partial charge in [-0.05, 0) is 44.4 Å². The SMILES string of the molecule is O=C(O)C(F)(F)F.O=C1CCCC2(CCCN(Cc3ccco3)C2)N1. The number of hydrogen-bond acceptors (Lipinski definition) is 4. The zero-order valence-corrected chi connectivity index (χ0v) is 13.6. The number of carbonyl (C=O) groups is 2. The van der Waals surface area contributed by atoms with Crippen molar-refractivity contribution in [3.8, 4) is 0 Å². The van der Waals surface area contributed by atoms with E-state index in [0.29, 0.717) is 6.42 Å². The van der Waals surface area contributed by atoms with Gasteiger partial charge in [-0.25, -0.2) is 4.79 Å². The third-order valence-electron chi connectivity index (χ3n) is 4.32. The summed E-state index contributed by atoms with van der Waals surface area (Å²) in [5, 5.41) is 10.4. The van der Waals surface area contributed by atoms with Crippen LogP contribution in [0, 0.1) is 0 Å². The first-order chi connectivity index (χ1) is 11.7. The minimum atomic E-state index is -5.08. The van der Waals surface area contributed by atoms with Crippen molar-refractivity contribution in [3.63, 3.8) is 0 Å². The molecule has 2 N–H and O–H groups in total. The van der Waals surface area contributed by atoms with Gasteiger partial charge in [-0.2, -0.15) is 13.2 Å². The molecule has 1 amide bonds. The van der Waals surface area contributed by atoms with Gasteiger partial charge < -0.3 is 14.8 Å². The number of furan rings is 1. The first kappa shape index (κ1) is 19.3. The van der Waals surface area contributed by atoms with E-state index in [9.17, 15) is 18.0 Å². The number of hydrogen-bond donors (Lipinski definition) is 2. The molecule has 2 saturated heterocycles. The van der Waals surface area contributed by atoms with Crippen molar-refractivity contribution in [2.24, 2.45) is 0 Å². The summed E-state index contributed by atoms with van der Waals surface area (Å²) in [6.07, 6.45) is 1.75. The van der Waals surface area contributed by atoms with E-state index in [1.54, 1.807) is 6.26 Å². The van der Waals surface area contributed by atoms with Crippen molar-refractivity contribution in [3.05, 3.63) is 24.2 Å². The Morgan fingerprint density at radius 2 is 2.04 bits per heavy atom. The Hall–Kier alpha value is -2.03. The minimum Gasteiger partial charge on any atom is -0.475 e. The van der Waals surface area contributed by atoms with Crippen LogP contribution in [-0.4, -0.2) is 46.7 Å². The van der Waals surface area contributed by atoms with Crippen LogP contribution in [0.1, 0.15) is 37.9 Å². The van der Waals surface area contributed by atoms with Crippen LogP contribution in [0.5, 0.6) is 0 Å². The molecule has 3 heterocycles. The zero-order chi connectivity index (χ0) is 18.5. The van der Waals surface area contributed by atoms with Gasteiger partial charge in [0.25, 0.3) is 0 Å². The topological polar surface area (TPSA) is 82.8 Å². The van der Waals surface area contributed by atoms with Gasteiger partial charge in [0.05, 0.1) is 18.3 Å². The number of alkyl halides is 3. The number of carbonyl (C=O) groups excluding carboxylic acids is 1. The number of nitrogens with zero attached hydrogens (tertiary/aromatic N) is 1. The van der Waals surface area contributed by atoms with Gasteiger partial charge in [0.1, 0.15) is 5.76 Å². The monoisotopic (exact) mass is 362 g/mol. The molecule has 0 saturated carbocycles. The molecule has 25 heavy (non-hydrogen) atoms. The molecule has 2 aliphatic heterocycles. The van der Waals surface area contributed by atoms with Gasteiger partial charge >= 0.3 is 12.1 Å². The smallest absolute Gasteiger partial charge is 0.475 e. The summed E-state index contributed by atoms with van der Waals surface area (Å²) in [4.78, 5) is 22.9. The van der Waals surface area contributed by atoms with Gasteiger partial charge in [-0.15, -0.1) is 0 Å². The van der Waals surface area contributed by atoms with Crippen molar-refractivity contribution in [2.45, 2.75) is 50.4 Å².